The van der Waals surface area contributed by atoms with E-state index in [1.54, 1.807) is 61.5 Å². The number of amides is 3. The number of hydrogen-bond donors (Lipinski definition) is 3. The van der Waals surface area contributed by atoms with Crippen LogP contribution in [0.3, 0.4) is 0 Å². The first-order valence-electron chi connectivity index (χ1n) is 8.44. The van der Waals surface area contributed by atoms with Gasteiger partial charge in [0.2, 0.25) is 5.91 Å². The van der Waals surface area contributed by atoms with E-state index in [-0.39, 0.29) is 17.7 Å². The third kappa shape index (κ3) is 4.82. The van der Waals surface area contributed by atoms with Gasteiger partial charge in [-0.2, -0.15) is 0 Å². The van der Waals surface area contributed by atoms with Gasteiger partial charge in [-0.3, -0.25) is 14.4 Å². The Kier molecular flexibility index (Phi) is 5.50. The molecule has 0 aliphatic carbocycles. The van der Waals surface area contributed by atoms with Gasteiger partial charge in [-0.05, 0) is 49.4 Å². The molecule has 8 nitrogen and oxygen atoms in total. The number of aryl methyl sites for hydroxylation is 1. The lowest BCUT2D eigenvalue weighted by Crippen LogP contribution is -2.14. The summed E-state index contributed by atoms with van der Waals surface area (Å²) in [5.74, 6) is 0.0220. The molecule has 1 heterocycles. The minimum absolute atomic E-state index is 0.196. The van der Waals surface area contributed by atoms with Crippen LogP contribution in [0, 0.1) is 6.92 Å². The number of rotatable bonds is 5. The molecule has 0 aliphatic rings. The van der Waals surface area contributed by atoms with Crippen molar-refractivity contribution in [3.05, 3.63) is 71.5 Å². The first kappa shape index (κ1) is 18.8. The number of nitrogens with zero attached hydrogens (tertiary/aromatic N) is 1. The topological polar surface area (TPSA) is 113 Å². The maximum absolute atomic E-state index is 12.4. The summed E-state index contributed by atoms with van der Waals surface area (Å²) in [6.45, 7) is 3.13. The maximum Gasteiger partial charge on any atom is 0.256 e. The van der Waals surface area contributed by atoms with Crippen molar-refractivity contribution in [2.75, 3.05) is 16.0 Å². The van der Waals surface area contributed by atoms with Gasteiger partial charge in [-0.25, -0.2) is 0 Å². The van der Waals surface area contributed by atoms with Crippen molar-refractivity contribution in [2.45, 2.75) is 13.8 Å². The number of nitrogens with one attached hydrogen (secondary N) is 3. The van der Waals surface area contributed by atoms with Crippen LogP contribution in [0.15, 0.2) is 59.1 Å². The van der Waals surface area contributed by atoms with Crippen LogP contribution in [-0.2, 0) is 4.79 Å². The third-order valence-electron chi connectivity index (χ3n) is 3.72. The summed E-state index contributed by atoms with van der Waals surface area (Å²) in [6, 6.07) is 14.6. The number of aromatic nitrogens is 1. The van der Waals surface area contributed by atoms with Gasteiger partial charge >= 0.3 is 0 Å². The van der Waals surface area contributed by atoms with Crippen molar-refractivity contribution in [3.63, 3.8) is 0 Å². The van der Waals surface area contributed by atoms with E-state index >= 15 is 0 Å². The van der Waals surface area contributed by atoms with E-state index in [0.29, 0.717) is 34.1 Å². The number of carbonyl (C=O) groups excluding carboxylic acids is 3. The van der Waals surface area contributed by atoms with E-state index in [9.17, 15) is 14.4 Å². The molecule has 3 rings (SSSR count). The van der Waals surface area contributed by atoms with E-state index < -0.39 is 0 Å². The molecule has 3 N–H and O–H groups in total. The zero-order valence-electron chi connectivity index (χ0n) is 15.3. The fourth-order valence-electron chi connectivity index (χ4n) is 2.47. The summed E-state index contributed by atoms with van der Waals surface area (Å²) in [6.07, 6.45) is 0. The van der Waals surface area contributed by atoms with Crippen molar-refractivity contribution in [1.29, 1.82) is 0 Å². The highest BCUT2D eigenvalue weighted by molar-refractivity contribution is 6.07. The molecular weight excluding hydrogens is 360 g/mol. The van der Waals surface area contributed by atoms with Crippen LogP contribution in [0.25, 0.3) is 0 Å². The van der Waals surface area contributed by atoms with Gasteiger partial charge in [0.1, 0.15) is 5.76 Å². The van der Waals surface area contributed by atoms with Gasteiger partial charge in [0.25, 0.3) is 11.8 Å². The molecule has 0 saturated heterocycles. The lowest BCUT2D eigenvalue weighted by Gasteiger charge is -2.08. The molecule has 8 heteroatoms. The number of benzene rings is 2. The Balaban J connectivity index is 1.65. The Morgan fingerprint density at radius 2 is 1.39 bits per heavy atom. The Morgan fingerprint density at radius 1 is 0.821 bits per heavy atom. The fraction of sp³-hybridized carbons (Fsp3) is 0.100. The quantitative estimate of drug-likeness (QED) is 0.629. The Hall–Kier alpha value is -3.94. The van der Waals surface area contributed by atoms with Crippen LogP contribution < -0.4 is 16.0 Å². The fourth-order valence-corrected chi connectivity index (χ4v) is 2.47. The molecule has 142 valence electrons. The monoisotopic (exact) mass is 378 g/mol. The Bertz CT molecular complexity index is 1020. The molecule has 0 radical (unpaired) electrons. The van der Waals surface area contributed by atoms with Gasteiger partial charge in [0.05, 0.1) is 0 Å². The highest BCUT2D eigenvalue weighted by atomic mass is 16.5. The third-order valence-corrected chi connectivity index (χ3v) is 3.72. The predicted octanol–water partition coefficient (Wildman–Crippen LogP) is 3.45. The van der Waals surface area contributed by atoms with Gasteiger partial charge in [-0.1, -0.05) is 11.2 Å². The summed E-state index contributed by atoms with van der Waals surface area (Å²) in [7, 11) is 0. The van der Waals surface area contributed by atoms with Gasteiger partial charge in [0, 0.05) is 35.5 Å². The molecule has 3 aromatic rings. The number of hydrogen-bond acceptors (Lipinski definition) is 5. The zero-order valence-corrected chi connectivity index (χ0v) is 15.3. The molecule has 2 aromatic carbocycles. The second-order valence-corrected chi connectivity index (χ2v) is 6.07. The van der Waals surface area contributed by atoms with E-state index in [1.807, 2.05) is 0 Å². The minimum atomic E-state index is -0.358. The Morgan fingerprint density at radius 3 is 1.93 bits per heavy atom. The second kappa shape index (κ2) is 8.17. The molecule has 0 unspecified atom stereocenters. The van der Waals surface area contributed by atoms with E-state index in [2.05, 4.69) is 21.1 Å². The smallest absolute Gasteiger partial charge is 0.256 e. The summed E-state index contributed by atoms with van der Waals surface area (Å²) in [5.41, 5.74) is 1.89. The second-order valence-electron chi connectivity index (χ2n) is 6.07. The maximum atomic E-state index is 12.4. The summed E-state index contributed by atoms with van der Waals surface area (Å²) < 4.78 is 4.90. The lowest BCUT2D eigenvalue weighted by atomic mass is 10.1. The van der Waals surface area contributed by atoms with Gasteiger partial charge in [-0.15, -0.1) is 0 Å². The van der Waals surface area contributed by atoms with Crippen LogP contribution in [0.1, 0.15) is 33.4 Å². The van der Waals surface area contributed by atoms with Crippen molar-refractivity contribution < 1.29 is 18.9 Å². The summed E-state index contributed by atoms with van der Waals surface area (Å²) in [5, 5.41) is 11.7. The van der Waals surface area contributed by atoms with Crippen LogP contribution in [0.2, 0.25) is 0 Å². The first-order valence-corrected chi connectivity index (χ1v) is 8.44. The predicted molar refractivity (Wildman–Crippen MR) is 104 cm³/mol. The lowest BCUT2D eigenvalue weighted by molar-refractivity contribution is -0.114. The summed E-state index contributed by atoms with van der Waals surface area (Å²) in [4.78, 5) is 35.7. The molecule has 3 amide bonds. The van der Waals surface area contributed by atoms with E-state index in [4.69, 9.17) is 4.52 Å². The van der Waals surface area contributed by atoms with Crippen molar-refractivity contribution in [2.24, 2.45) is 0 Å². The number of carbonyl (C=O) groups is 3. The van der Waals surface area contributed by atoms with Crippen LogP contribution in [0.4, 0.5) is 17.2 Å². The average molecular weight is 378 g/mol. The molecule has 0 fully saturated rings. The van der Waals surface area contributed by atoms with E-state index in [0.717, 1.165) is 0 Å². The van der Waals surface area contributed by atoms with Crippen molar-refractivity contribution >= 4 is 34.9 Å². The van der Waals surface area contributed by atoms with Crippen LogP contribution in [0.5, 0.6) is 0 Å². The molecule has 0 saturated carbocycles. The minimum Gasteiger partial charge on any atom is -0.360 e. The van der Waals surface area contributed by atoms with Crippen LogP contribution >= 0.6 is 0 Å². The average Bonchev–Trinajstić information content (AvgIpc) is 3.06. The molecule has 28 heavy (non-hydrogen) atoms. The van der Waals surface area contributed by atoms with Gasteiger partial charge in [0.15, 0.2) is 5.82 Å². The van der Waals surface area contributed by atoms with Crippen molar-refractivity contribution in [1.82, 2.24) is 5.16 Å². The molecule has 0 bridgehead atoms. The van der Waals surface area contributed by atoms with Crippen LogP contribution in [-0.4, -0.2) is 22.9 Å². The molecule has 0 spiro atoms. The van der Waals surface area contributed by atoms with Gasteiger partial charge < -0.3 is 20.5 Å². The van der Waals surface area contributed by atoms with Crippen molar-refractivity contribution in [3.8, 4) is 0 Å². The highest BCUT2D eigenvalue weighted by Gasteiger charge is 2.11. The first-order chi connectivity index (χ1) is 13.4. The molecule has 0 aliphatic heterocycles. The normalized spacial score (nSPS) is 10.2. The standard InChI is InChI=1S/C20H18N4O4/c1-12-10-18(24-28-12)23-20(27)15-8-6-14(7-9-15)19(26)22-17-5-3-4-16(11-17)21-13(2)25/h3-11H,1-2H3,(H,21,25)(H,22,26)(H,23,24,27). The van der Waals surface area contributed by atoms with E-state index in [1.165, 1.54) is 6.92 Å². The highest BCUT2D eigenvalue weighted by Crippen LogP contribution is 2.17. The number of anilines is 3. The molecule has 0 atom stereocenters. The summed E-state index contributed by atoms with van der Waals surface area (Å²) >= 11 is 0. The largest absolute Gasteiger partial charge is 0.360 e. The molecule has 1 aromatic heterocycles. The molecular formula is C20H18N4O4. The Labute approximate surface area is 160 Å². The SMILES string of the molecule is CC(=O)Nc1cccc(NC(=O)c2ccc(C(=O)Nc3cc(C)on3)cc2)c1. The zero-order chi connectivity index (χ0) is 20.1.